The van der Waals surface area contributed by atoms with Crippen molar-refractivity contribution in [3.05, 3.63) is 0 Å². The summed E-state index contributed by atoms with van der Waals surface area (Å²) in [7, 11) is 0. The van der Waals surface area contributed by atoms with E-state index in [9.17, 15) is 29.1 Å². The van der Waals surface area contributed by atoms with Crippen LogP contribution in [0.25, 0.3) is 0 Å². The molecular weight excluding hydrogens is 460 g/mol. The smallest absolute Gasteiger partial charge is 0.326 e. The van der Waals surface area contributed by atoms with Crippen molar-refractivity contribution in [2.24, 2.45) is 33.8 Å². The molecule has 0 aromatic heterocycles. The van der Waals surface area contributed by atoms with Gasteiger partial charge in [-0.1, -0.05) is 13.8 Å². The Hall–Kier alpha value is -3.42. The minimum atomic E-state index is -1.18. The Morgan fingerprint density at radius 3 is 2.26 bits per heavy atom. The first-order valence-electron chi connectivity index (χ1n) is 11.6. The molecule has 0 aromatic carbocycles. The molecule has 4 amide bonds. The average Bonchev–Trinajstić information content (AvgIpc) is 3.26. The molecule has 0 aromatic rings. The summed E-state index contributed by atoms with van der Waals surface area (Å²) in [5.74, 6) is -4.08. The molecule has 0 spiro atoms. The van der Waals surface area contributed by atoms with Gasteiger partial charge in [0.15, 0.2) is 5.96 Å². The third-order valence-corrected chi connectivity index (χ3v) is 5.67. The second-order valence-electron chi connectivity index (χ2n) is 8.88. The van der Waals surface area contributed by atoms with Crippen molar-refractivity contribution in [1.82, 2.24) is 15.5 Å². The number of aliphatic carboxylic acids is 1. The van der Waals surface area contributed by atoms with Crippen LogP contribution in [0.2, 0.25) is 0 Å². The largest absolute Gasteiger partial charge is 0.480 e. The van der Waals surface area contributed by atoms with Gasteiger partial charge in [-0.2, -0.15) is 0 Å². The second kappa shape index (κ2) is 14.1. The number of carbonyl (C=O) groups excluding carboxylic acids is 4. The predicted octanol–water partition coefficient (Wildman–Crippen LogP) is -2.67. The molecule has 1 aliphatic rings. The lowest BCUT2D eigenvalue weighted by molar-refractivity contribution is -0.149. The van der Waals surface area contributed by atoms with E-state index < -0.39 is 53.8 Å². The summed E-state index contributed by atoms with van der Waals surface area (Å²) < 4.78 is 0. The third kappa shape index (κ3) is 9.76. The van der Waals surface area contributed by atoms with Gasteiger partial charge in [0, 0.05) is 19.5 Å². The topological polar surface area (TPSA) is 249 Å². The van der Waals surface area contributed by atoms with Gasteiger partial charge in [0.25, 0.3) is 0 Å². The summed E-state index contributed by atoms with van der Waals surface area (Å²) in [5.41, 5.74) is 21.6. The molecule has 4 unspecified atom stereocenters. The van der Waals surface area contributed by atoms with Gasteiger partial charge in [0.05, 0.1) is 6.04 Å². The number of carboxylic acids is 1. The summed E-state index contributed by atoms with van der Waals surface area (Å²) in [6, 6.07) is -4.12. The van der Waals surface area contributed by atoms with Crippen LogP contribution in [0.3, 0.4) is 0 Å². The summed E-state index contributed by atoms with van der Waals surface area (Å²) in [6.45, 7) is 3.93. The third-order valence-electron chi connectivity index (χ3n) is 5.67. The van der Waals surface area contributed by atoms with Crippen molar-refractivity contribution in [1.29, 1.82) is 0 Å². The maximum absolute atomic E-state index is 13.1. The minimum absolute atomic E-state index is 0.0661. The number of likely N-dealkylation sites (tertiary alicyclic amines) is 1. The first-order chi connectivity index (χ1) is 16.3. The lowest BCUT2D eigenvalue weighted by atomic mass is 10.0. The molecule has 198 valence electrons. The van der Waals surface area contributed by atoms with Crippen LogP contribution in [-0.4, -0.2) is 82.8 Å². The number of carboxylic acid groups (broad SMARTS) is 1. The van der Waals surface area contributed by atoms with E-state index in [2.05, 4.69) is 15.6 Å². The average molecular weight is 499 g/mol. The van der Waals surface area contributed by atoms with Crippen molar-refractivity contribution in [3.8, 4) is 0 Å². The Labute approximate surface area is 204 Å². The van der Waals surface area contributed by atoms with Gasteiger partial charge in [0.1, 0.15) is 18.1 Å². The number of nitrogens with two attached hydrogens (primary N) is 4. The molecule has 0 aliphatic carbocycles. The van der Waals surface area contributed by atoms with Gasteiger partial charge in [0.2, 0.25) is 23.6 Å². The number of nitrogens with zero attached hydrogens (tertiary/aromatic N) is 2. The highest BCUT2D eigenvalue weighted by Gasteiger charge is 2.38. The van der Waals surface area contributed by atoms with Crippen LogP contribution >= 0.6 is 0 Å². The Kier molecular flexibility index (Phi) is 11.9. The van der Waals surface area contributed by atoms with E-state index in [1.54, 1.807) is 13.8 Å². The van der Waals surface area contributed by atoms with Crippen LogP contribution < -0.4 is 33.6 Å². The van der Waals surface area contributed by atoms with Crippen molar-refractivity contribution >= 4 is 35.6 Å². The number of primary amides is 1. The molecule has 14 heteroatoms. The molecule has 1 fully saturated rings. The maximum atomic E-state index is 13.1. The molecule has 0 saturated carbocycles. The molecule has 4 atom stereocenters. The molecule has 11 N–H and O–H groups in total. The fourth-order valence-electron chi connectivity index (χ4n) is 3.74. The van der Waals surface area contributed by atoms with E-state index in [1.165, 1.54) is 4.90 Å². The molecule has 35 heavy (non-hydrogen) atoms. The van der Waals surface area contributed by atoms with Crippen LogP contribution in [0, 0.1) is 5.92 Å². The van der Waals surface area contributed by atoms with E-state index in [0.717, 1.165) is 0 Å². The zero-order valence-electron chi connectivity index (χ0n) is 20.2. The Morgan fingerprint density at radius 2 is 1.71 bits per heavy atom. The monoisotopic (exact) mass is 498 g/mol. The number of hydrogen-bond donors (Lipinski definition) is 7. The Morgan fingerprint density at radius 1 is 1.06 bits per heavy atom. The molecule has 14 nitrogen and oxygen atoms in total. The Balaban J connectivity index is 2.89. The highest BCUT2D eigenvalue weighted by atomic mass is 16.4. The number of nitrogens with one attached hydrogen (secondary N) is 2. The first-order valence-corrected chi connectivity index (χ1v) is 11.6. The lowest BCUT2D eigenvalue weighted by Gasteiger charge is -2.29. The van der Waals surface area contributed by atoms with Crippen molar-refractivity contribution in [2.45, 2.75) is 76.5 Å². The van der Waals surface area contributed by atoms with Crippen molar-refractivity contribution in [3.63, 3.8) is 0 Å². The number of carbonyl (C=O) groups is 5. The van der Waals surface area contributed by atoms with Gasteiger partial charge in [-0.05, 0) is 38.0 Å². The fourth-order valence-corrected chi connectivity index (χ4v) is 3.74. The molecule has 1 rings (SSSR count). The number of guanidine groups is 1. The molecular formula is C21H38N8O6. The van der Waals surface area contributed by atoms with E-state index in [0.29, 0.717) is 25.8 Å². The first kappa shape index (κ1) is 29.6. The number of hydrogen-bond acceptors (Lipinski definition) is 7. The standard InChI is InChI=1S/C21H38N8O6/c1-11(2)16(28-17(31)12(22)5-3-9-26-21(24)25)18(32)27-13(7-8-15(23)30)19(33)29-10-4-6-14(29)20(34)35/h11-14,16H,3-10,22H2,1-2H3,(H2,23,30)(H,27,32)(H,28,31)(H,34,35)(H4,24,25,26). The predicted molar refractivity (Wildman–Crippen MR) is 127 cm³/mol. The fraction of sp³-hybridized carbons (Fsp3) is 0.714. The van der Waals surface area contributed by atoms with Crippen LogP contribution in [0.4, 0.5) is 0 Å². The van der Waals surface area contributed by atoms with Crippen LogP contribution in [0.1, 0.15) is 52.4 Å². The van der Waals surface area contributed by atoms with Gasteiger partial charge in [-0.3, -0.25) is 24.2 Å². The highest BCUT2D eigenvalue weighted by molar-refractivity contribution is 5.94. The van der Waals surface area contributed by atoms with Crippen LogP contribution in [-0.2, 0) is 24.0 Å². The van der Waals surface area contributed by atoms with Crippen molar-refractivity contribution in [2.75, 3.05) is 13.1 Å². The Bertz CT molecular complexity index is 814. The molecule has 0 radical (unpaired) electrons. The molecule has 0 bridgehead atoms. The number of rotatable bonds is 14. The molecule has 1 saturated heterocycles. The van der Waals surface area contributed by atoms with Gasteiger partial charge >= 0.3 is 5.97 Å². The molecule has 1 aliphatic heterocycles. The van der Waals surface area contributed by atoms with E-state index in [4.69, 9.17) is 22.9 Å². The zero-order chi connectivity index (χ0) is 26.7. The second-order valence-corrected chi connectivity index (χ2v) is 8.88. The summed E-state index contributed by atoms with van der Waals surface area (Å²) >= 11 is 0. The summed E-state index contributed by atoms with van der Waals surface area (Å²) in [5, 5.41) is 14.6. The number of aliphatic imine (C=N–C) groups is 1. The minimum Gasteiger partial charge on any atom is -0.480 e. The quantitative estimate of drug-likeness (QED) is 0.0748. The van der Waals surface area contributed by atoms with E-state index in [-0.39, 0.29) is 37.7 Å². The van der Waals surface area contributed by atoms with Gasteiger partial charge in [-0.15, -0.1) is 0 Å². The SMILES string of the molecule is CC(C)C(NC(=O)C(N)CCCN=C(N)N)C(=O)NC(CCC(N)=O)C(=O)N1CCCC1C(=O)O. The van der Waals surface area contributed by atoms with Gasteiger partial charge < -0.3 is 43.6 Å². The van der Waals surface area contributed by atoms with E-state index in [1.807, 2.05) is 0 Å². The van der Waals surface area contributed by atoms with Crippen LogP contribution in [0.15, 0.2) is 4.99 Å². The highest BCUT2D eigenvalue weighted by Crippen LogP contribution is 2.20. The normalized spacial score (nSPS) is 17.8. The maximum Gasteiger partial charge on any atom is 0.326 e. The van der Waals surface area contributed by atoms with Crippen LogP contribution in [0.5, 0.6) is 0 Å². The lowest BCUT2D eigenvalue weighted by Crippen LogP contribution is -2.58. The summed E-state index contributed by atoms with van der Waals surface area (Å²) in [4.78, 5) is 66.5. The number of amides is 4. The van der Waals surface area contributed by atoms with E-state index >= 15 is 0 Å². The van der Waals surface area contributed by atoms with Gasteiger partial charge in [-0.25, -0.2) is 4.79 Å². The van der Waals surface area contributed by atoms with Crippen molar-refractivity contribution < 1.29 is 29.1 Å². The summed E-state index contributed by atoms with van der Waals surface area (Å²) in [6.07, 6.45) is 1.23. The zero-order valence-corrected chi connectivity index (χ0v) is 20.2. The molecule has 1 heterocycles.